The van der Waals surface area contributed by atoms with Crippen LogP contribution in [0.5, 0.6) is 0 Å². The largest absolute Gasteiger partial charge is 0.443 e. The van der Waals surface area contributed by atoms with Crippen LogP contribution in [0.1, 0.15) is 50.9 Å². The van der Waals surface area contributed by atoms with Gasteiger partial charge in [0.1, 0.15) is 5.60 Å². The van der Waals surface area contributed by atoms with Crippen molar-refractivity contribution in [1.29, 1.82) is 0 Å². The summed E-state index contributed by atoms with van der Waals surface area (Å²) in [6.45, 7) is 6.08. The molecule has 2 aliphatic heterocycles. The number of allylic oxidation sites excluding steroid dienone is 2. The summed E-state index contributed by atoms with van der Waals surface area (Å²) >= 11 is 0. The van der Waals surface area contributed by atoms with Gasteiger partial charge in [-0.2, -0.15) is 5.10 Å². The normalized spacial score (nSPS) is 23.3. The molecule has 1 N–H and O–H groups in total. The van der Waals surface area contributed by atoms with Crippen molar-refractivity contribution in [2.45, 2.75) is 57.8 Å². The maximum Gasteiger partial charge on any atom is 0.417 e. The molecule has 7 heteroatoms. The molecule has 0 fully saturated rings. The first kappa shape index (κ1) is 18.7. The molecule has 0 bridgehead atoms. The lowest BCUT2D eigenvalue weighted by Gasteiger charge is -2.31. The molecule has 3 heterocycles. The van der Waals surface area contributed by atoms with Crippen molar-refractivity contribution in [3.8, 4) is 0 Å². The number of carbonyl (C=O) groups excluding carboxylic acids is 1. The number of fused-ring (bicyclic) bond motifs is 2. The Kier molecular flexibility index (Phi) is 4.93. The third kappa shape index (κ3) is 3.80. The van der Waals surface area contributed by atoms with Gasteiger partial charge in [0, 0.05) is 12.4 Å². The van der Waals surface area contributed by atoms with Gasteiger partial charge in [-0.1, -0.05) is 12.1 Å². The number of nitrogens with zero attached hydrogens (tertiary/aromatic N) is 4. The summed E-state index contributed by atoms with van der Waals surface area (Å²) in [5, 5.41) is 9.98. The first-order chi connectivity index (χ1) is 13.4. The maximum absolute atomic E-state index is 12.9. The van der Waals surface area contributed by atoms with E-state index in [2.05, 4.69) is 21.5 Å². The van der Waals surface area contributed by atoms with Gasteiger partial charge in [-0.15, -0.1) is 0 Å². The number of ether oxygens (including phenoxy) is 1. The number of amides is 1. The lowest BCUT2D eigenvalue weighted by Crippen LogP contribution is -2.49. The van der Waals surface area contributed by atoms with Crippen LogP contribution >= 0.6 is 0 Å². The smallest absolute Gasteiger partial charge is 0.417 e. The Bertz CT molecular complexity index is 839. The first-order valence-corrected chi connectivity index (χ1v) is 9.82. The third-order valence-electron chi connectivity index (χ3n) is 4.97. The van der Waals surface area contributed by atoms with Gasteiger partial charge < -0.3 is 10.1 Å². The van der Waals surface area contributed by atoms with E-state index in [0.29, 0.717) is 12.4 Å². The van der Waals surface area contributed by atoms with Crippen molar-refractivity contribution < 1.29 is 9.53 Å². The van der Waals surface area contributed by atoms with Crippen LogP contribution in [-0.4, -0.2) is 45.1 Å². The fourth-order valence-corrected chi connectivity index (χ4v) is 3.78. The molecule has 7 nitrogen and oxygen atoms in total. The van der Waals surface area contributed by atoms with Gasteiger partial charge in [0.2, 0.25) is 0 Å². The van der Waals surface area contributed by atoms with Gasteiger partial charge in [0.25, 0.3) is 0 Å². The van der Waals surface area contributed by atoms with E-state index in [-0.39, 0.29) is 18.3 Å². The van der Waals surface area contributed by atoms with Gasteiger partial charge in [-0.3, -0.25) is 4.98 Å². The van der Waals surface area contributed by atoms with Crippen LogP contribution in [0.25, 0.3) is 0 Å². The molecular weight excluding hydrogens is 354 g/mol. The van der Waals surface area contributed by atoms with Crippen molar-refractivity contribution in [3.63, 3.8) is 0 Å². The highest BCUT2D eigenvalue weighted by Crippen LogP contribution is 2.28. The summed E-state index contributed by atoms with van der Waals surface area (Å²) in [5.41, 5.74) is 1.84. The number of hydrogen-bond acceptors (Lipinski definition) is 6. The second-order valence-electron chi connectivity index (χ2n) is 8.26. The number of rotatable bonds is 3. The highest BCUT2D eigenvalue weighted by molar-refractivity contribution is 5.98. The Hall–Kier alpha value is -2.67. The molecule has 0 saturated carbocycles. The minimum Gasteiger partial charge on any atom is -0.443 e. The fourth-order valence-electron chi connectivity index (χ4n) is 3.78. The van der Waals surface area contributed by atoms with Crippen LogP contribution in [0, 0.1) is 0 Å². The molecule has 28 heavy (non-hydrogen) atoms. The molecule has 148 valence electrons. The number of nitrogens with one attached hydrogen (secondary N) is 1. The molecule has 0 radical (unpaired) electrons. The summed E-state index contributed by atoms with van der Waals surface area (Å²) in [6.07, 6.45) is 12.0. The summed E-state index contributed by atoms with van der Waals surface area (Å²) in [7, 11) is 0. The SMILES string of the molecule is CC(C)(C)OC(=O)N1C(CNC2CCCc3cccnc32)=NN2C=CC=CC21. The van der Waals surface area contributed by atoms with Crippen LogP contribution in [0.15, 0.2) is 47.9 Å². The Morgan fingerprint density at radius 3 is 3.04 bits per heavy atom. The molecule has 4 rings (SSSR count). The standard InChI is InChI=1S/C21H27N5O2/c1-21(2,3)28-20(27)26-17(24-25-13-5-4-11-18(25)26)14-23-16-10-6-8-15-9-7-12-22-19(15)16/h4-5,7,9,11-13,16,18,23H,6,8,10,14H2,1-3H3. The number of aromatic nitrogens is 1. The van der Waals surface area contributed by atoms with E-state index in [0.717, 1.165) is 25.0 Å². The average molecular weight is 381 g/mol. The van der Waals surface area contributed by atoms with Crippen LogP contribution in [0.2, 0.25) is 0 Å². The number of amidine groups is 1. The van der Waals surface area contributed by atoms with Gasteiger partial charge in [-0.25, -0.2) is 14.7 Å². The second kappa shape index (κ2) is 7.39. The Morgan fingerprint density at radius 1 is 1.36 bits per heavy atom. The van der Waals surface area contributed by atoms with Crippen LogP contribution in [0.3, 0.4) is 0 Å². The molecule has 1 aromatic rings. The molecule has 1 aromatic heterocycles. The van der Waals surface area contributed by atoms with E-state index in [4.69, 9.17) is 4.74 Å². The lowest BCUT2D eigenvalue weighted by molar-refractivity contribution is 0.0287. The van der Waals surface area contributed by atoms with Crippen LogP contribution in [0.4, 0.5) is 4.79 Å². The minimum absolute atomic E-state index is 0.164. The zero-order chi connectivity index (χ0) is 19.7. The number of hydrazone groups is 1. The summed E-state index contributed by atoms with van der Waals surface area (Å²) in [4.78, 5) is 19.1. The van der Waals surface area contributed by atoms with Crippen molar-refractivity contribution in [2.75, 3.05) is 6.54 Å². The van der Waals surface area contributed by atoms with E-state index in [1.807, 2.05) is 57.5 Å². The topological polar surface area (TPSA) is 70.1 Å². The monoisotopic (exact) mass is 381 g/mol. The third-order valence-corrected chi connectivity index (χ3v) is 4.97. The molecular formula is C21H27N5O2. The van der Waals surface area contributed by atoms with Crippen molar-refractivity contribution in [3.05, 3.63) is 54.0 Å². The lowest BCUT2D eigenvalue weighted by atomic mass is 9.92. The van der Waals surface area contributed by atoms with E-state index in [1.54, 1.807) is 9.91 Å². The summed E-state index contributed by atoms with van der Waals surface area (Å²) in [5.74, 6) is 0.651. The minimum atomic E-state index is -0.566. The molecule has 1 aliphatic carbocycles. The molecule has 0 saturated heterocycles. The first-order valence-electron chi connectivity index (χ1n) is 9.82. The quantitative estimate of drug-likeness (QED) is 0.870. The average Bonchev–Trinajstić information content (AvgIpc) is 3.03. The van der Waals surface area contributed by atoms with E-state index in [9.17, 15) is 4.79 Å². The molecule has 2 unspecified atom stereocenters. The molecule has 0 spiro atoms. The van der Waals surface area contributed by atoms with Gasteiger partial charge in [0.15, 0.2) is 12.0 Å². The molecule has 0 aromatic carbocycles. The Balaban J connectivity index is 1.51. The van der Waals surface area contributed by atoms with Crippen LogP contribution in [-0.2, 0) is 11.2 Å². The predicted octanol–water partition coefficient (Wildman–Crippen LogP) is 3.32. The van der Waals surface area contributed by atoms with E-state index in [1.165, 1.54) is 5.56 Å². The van der Waals surface area contributed by atoms with Gasteiger partial charge in [0.05, 0.1) is 18.3 Å². The molecule has 1 amide bonds. The van der Waals surface area contributed by atoms with E-state index >= 15 is 0 Å². The van der Waals surface area contributed by atoms with Gasteiger partial charge in [-0.05, 0) is 63.8 Å². The Morgan fingerprint density at radius 2 is 2.21 bits per heavy atom. The molecule has 3 aliphatic rings. The number of aryl methyl sites for hydroxylation is 1. The number of pyridine rings is 1. The molecule has 2 atom stereocenters. The van der Waals surface area contributed by atoms with Crippen molar-refractivity contribution in [2.24, 2.45) is 5.10 Å². The van der Waals surface area contributed by atoms with Crippen molar-refractivity contribution >= 4 is 11.9 Å². The fraction of sp³-hybridized carbons (Fsp3) is 0.476. The van der Waals surface area contributed by atoms with Crippen molar-refractivity contribution in [1.82, 2.24) is 20.2 Å². The number of hydrogen-bond donors (Lipinski definition) is 1. The number of carbonyl (C=O) groups is 1. The van der Waals surface area contributed by atoms with Gasteiger partial charge >= 0.3 is 6.09 Å². The van der Waals surface area contributed by atoms with Crippen LogP contribution < -0.4 is 5.32 Å². The maximum atomic E-state index is 12.9. The zero-order valence-corrected chi connectivity index (χ0v) is 16.6. The van der Waals surface area contributed by atoms with E-state index < -0.39 is 5.60 Å². The summed E-state index contributed by atoms with van der Waals surface area (Å²) < 4.78 is 5.63. The Labute approximate surface area is 165 Å². The zero-order valence-electron chi connectivity index (χ0n) is 16.6. The highest BCUT2D eigenvalue weighted by Gasteiger charge is 2.39. The highest BCUT2D eigenvalue weighted by atomic mass is 16.6. The predicted molar refractivity (Wildman–Crippen MR) is 107 cm³/mol. The summed E-state index contributed by atoms with van der Waals surface area (Å²) in [6, 6.07) is 4.30. The second-order valence-corrected chi connectivity index (χ2v) is 8.26.